The van der Waals surface area contributed by atoms with E-state index in [9.17, 15) is 0 Å². The Hall–Kier alpha value is -1.28. The highest BCUT2D eigenvalue weighted by atomic mass is 14.7. The highest BCUT2D eigenvalue weighted by molar-refractivity contribution is 5.84. The number of aromatic amines is 1. The third kappa shape index (κ3) is 1.77. The zero-order valence-electron chi connectivity index (χ0n) is 9.43. The van der Waals surface area contributed by atoms with E-state index in [4.69, 9.17) is 5.73 Å². The van der Waals surface area contributed by atoms with Crippen molar-refractivity contribution in [2.75, 3.05) is 6.54 Å². The van der Waals surface area contributed by atoms with Crippen LogP contribution in [0.4, 0.5) is 0 Å². The van der Waals surface area contributed by atoms with Crippen molar-refractivity contribution in [2.45, 2.75) is 26.7 Å². The van der Waals surface area contributed by atoms with E-state index in [1.807, 2.05) is 6.20 Å². The van der Waals surface area contributed by atoms with Crippen molar-refractivity contribution in [2.24, 2.45) is 5.73 Å². The minimum atomic E-state index is 0.768. The minimum absolute atomic E-state index is 0.768. The molecule has 0 fully saturated rings. The normalized spacial score (nSPS) is 11.1. The van der Waals surface area contributed by atoms with Crippen LogP contribution in [0.3, 0.4) is 0 Å². The first-order valence-corrected chi connectivity index (χ1v) is 5.50. The Balaban J connectivity index is 2.52. The highest BCUT2D eigenvalue weighted by Crippen LogP contribution is 2.25. The van der Waals surface area contributed by atoms with Gasteiger partial charge in [0.15, 0.2) is 0 Å². The number of benzene rings is 1. The molecular weight excluding hydrogens is 184 g/mol. The Morgan fingerprint density at radius 1 is 1.33 bits per heavy atom. The highest BCUT2D eigenvalue weighted by Gasteiger charge is 2.07. The summed E-state index contributed by atoms with van der Waals surface area (Å²) in [5.41, 5.74) is 11.0. The number of fused-ring (bicyclic) bond motifs is 1. The molecule has 0 aliphatic rings. The number of H-pyrrole nitrogens is 1. The van der Waals surface area contributed by atoms with E-state index in [0.29, 0.717) is 0 Å². The number of nitrogens with one attached hydrogen (secondary N) is 1. The first kappa shape index (κ1) is 10.2. The predicted octanol–water partition coefficient (Wildman–Crippen LogP) is 2.68. The number of hydrogen-bond acceptors (Lipinski definition) is 1. The third-order valence-corrected chi connectivity index (χ3v) is 3.10. The molecule has 0 saturated heterocycles. The monoisotopic (exact) mass is 202 g/mol. The van der Waals surface area contributed by atoms with Crippen LogP contribution < -0.4 is 5.73 Å². The first-order chi connectivity index (χ1) is 7.24. The van der Waals surface area contributed by atoms with Crippen molar-refractivity contribution < 1.29 is 0 Å². The largest absolute Gasteiger partial charge is 0.361 e. The van der Waals surface area contributed by atoms with E-state index in [-0.39, 0.29) is 0 Å². The smallest absolute Gasteiger partial charge is 0.0459 e. The second kappa shape index (κ2) is 4.07. The van der Waals surface area contributed by atoms with Gasteiger partial charge in [-0.1, -0.05) is 0 Å². The van der Waals surface area contributed by atoms with Crippen molar-refractivity contribution in [1.82, 2.24) is 4.98 Å². The molecule has 2 aromatic rings. The van der Waals surface area contributed by atoms with E-state index in [1.54, 1.807) is 0 Å². The first-order valence-electron chi connectivity index (χ1n) is 5.50. The van der Waals surface area contributed by atoms with E-state index in [2.05, 4.69) is 31.0 Å². The van der Waals surface area contributed by atoms with Crippen molar-refractivity contribution in [3.63, 3.8) is 0 Å². The number of aromatic nitrogens is 1. The van der Waals surface area contributed by atoms with Crippen molar-refractivity contribution in [3.05, 3.63) is 35.0 Å². The lowest BCUT2D eigenvalue weighted by Gasteiger charge is -2.10. The molecule has 0 spiro atoms. The van der Waals surface area contributed by atoms with Crippen LogP contribution in [0.2, 0.25) is 0 Å². The molecule has 0 radical (unpaired) electrons. The van der Waals surface area contributed by atoms with E-state index in [1.165, 1.54) is 27.6 Å². The fraction of sp³-hybridized carbons (Fsp3) is 0.385. The quantitative estimate of drug-likeness (QED) is 0.789. The summed E-state index contributed by atoms with van der Waals surface area (Å²) in [6, 6.07) is 4.38. The Kier molecular flexibility index (Phi) is 2.78. The molecule has 1 heterocycles. The van der Waals surface area contributed by atoms with Crippen LogP contribution in [-0.4, -0.2) is 11.5 Å². The second-order valence-electron chi connectivity index (χ2n) is 4.13. The maximum Gasteiger partial charge on any atom is 0.0459 e. The molecule has 3 N–H and O–H groups in total. The molecule has 0 bridgehead atoms. The number of hydrogen-bond donors (Lipinski definition) is 2. The summed E-state index contributed by atoms with van der Waals surface area (Å²) < 4.78 is 0. The lowest BCUT2D eigenvalue weighted by Crippen LogP contribution is -2.03. The van der Waals surface area contributed by atoms with Gasteiger partial charge in [0.05, 0.1) is 0 Å². The van der Waals surface area contributed by atoms with Crippen molar-refractivity contribution in [3.8, 4) is 0 Å². The number of aryl methyl sites for hydroxylation is 2. The molecule has 0 aliphatic heterocycles. The summed E-state index contributed by atoms with van der Waals surface area (Å²) in [4.78, 5) is 3.26. The Morgan fingerprint density at radius 3 is 2.87 bits per heavy atom. The average Bonchev–Trinajstić information content (AvgIpc) is 2.65. The predicted molar refractivity (Wildman–Crippen MR) is 65.1 cm³/mol. The van der Waals surface area contributed by atoms with Crippen LogP contribution in [0.15, 0.2) is 18.3 Å². The van der Waals surface area contributed by atoms with Crippen LogP contribution >= 0.6 is 0 Å². The van der Waals surface area contributed by atoms with Gasteiger partial charge in [-0.3, -0.25) is 0 Å². The number of rotatable bonds is 3. The molecule has 80 valence electrons. The molecule has 0 aliphatic carbocycles. The molecule has 2 nitrogen and oxygen atoms in total. The standard InChI is InChI=1S/C13H18N2/c1-9-8-13-12(5-7-15-13)10(2)11(9)4-3-6-14/h5,7-8,15H,3-4,6,14H2,1-2H3. The Morgan fingerprint density at radius 2 is 2.13 bits per heavy atom. The van der Waals surface area contributed by atoms with Crippen LogP contribution in [0.5, 0.6) is 0 Å². The van der Waals surface area contributed by atoms with E-state index < -0.39 is 0 Å². The lowest BCUT2D eigenvalue weighted by atomic mass is 9.95. The van der Waals surface area contributed by atoms with Gasteiger partial charge in [0.25, 0.3) is 0 Å². The fourth-order valence-corrected chi connectivity index (χ4v) is 2.25. The molecule has 15 heavy (non-hydrogen) atoms. The van der Waals surface area contributed by atoms with Gasteiger partial charge in [-0.2, -0.15) is 0 Å². The molecule has 1 aromatic carbocycles. The summed E-state index contributed by atoms with van der Waals surface area (Å²) in [7, 11) is 0. The molecule has 2 rings (SSSR count). The van der Waals surface area contributed by atoms with E-state index in [0.717, 1.165) is 19.4 Å². The summed E-state index contributed by atoms with van der Waals surface area (Å²) >= 11 is 0. The zero-order valence-corrected chi connectivity index (χ0v) is 9.43. The van der Waals surface area contributed by atoms with E-state index >= 15 is 0 Å². The van der Waals surface area contributed by atoms with Crippen LogP contribution in [0.1, 0.15) is 23.1 Å². The average molecular weight is 202 g/mol. The summed E-state index contributed by atoms with van der Waals surface area (Å²) in [5, 5.41) is 1.34. The van der Waals surface area contributed by atoms with Gasteiger partial charge in [-0.05, 0) is 62.1 Å². The van der Waals surface area contributed by atoms with Crippen molar-refractivity contribution in [1.29, 1.82) is 0 Å². The molecular formula is C13H18N2. The van der Waals surface area contributed by atoms with Gasteiger partial charge in [-0.15, -0.1) is 0 Å². The van der Waals surface area contributed by atoms with Gasteiger partial charge >= 0.3 is 0 Å². The maximum atomic E-state index is 5.56. The lowest BCUT2D eigenvalue weighted by molar-refractivity contribution is 0.824. The Bertz CT molecular complexity index is 469. The third-order valence-electron chi connectivity index (χ3n) is 3.10. The molecule has 2 heteroatoms. The van der Waals surface area contributed by atoms with Crippen LogP contribution in [-0.2, 0) is 6.42 Å². The molecule has 0 saturated carbocycles. The molecule has 0 amide bonds. The maximum absolute atomic E-state index is 5.56. The molecule has 0 atom stereocenters. The topological polar surface area (TPSA) is 41.8 Å². The minimum Gasteiger partial charge on any atom is -0.361 e. The molecule has 1 aromatic heterocycles. The SMILES string of the molecule is Cc1cc2[nH]ccc2c(C)c1CCCN. The van der Waals surface area contributed by atoms with Crippen molar-refractivity contribution >= 4 is 10.9 Å². The number of nitrogens with two attached hydrogens (primary N) is 1. The van der Waals surface area contributed by atoms with Gasteiger partial charge in [-0.25, -0.2) is 0 Å². The zero-order chi connectivity index (χ0) is 10.8. The van der Waals surface area contributed by atoms with Gasteiger partial charge < -0.3 is 10.7 Å². The molecule has 0 unspecified atom stereocenters. The van der Waals surface area contributed by atoms with Gasteiger partial charge in [0.2, 0.25) is 0 Å². The van der Waals surface area contributed by atoms with Gasteiger partial charge in [0.1, 0.15) is 0 Å². The second-order valence-corrected chi connectivity index (χ2v) is 4.13. The fourth-order valence-electron chi connectivity index (χ4n) is 2.25. The summed E-state index contributed by atoms with van der Waals surface area (Å²) in [6.07, 6.45) is 4.16. The van der Waals surface area contributed by atoms with Gasteiger partial charge in [0, 0.05) is 17.1 Å². The summed E-state index contributed by atoms with van der Waals surface area (Å²) in [5.74, 6) is 0. The van der Waals surface area contributed by atoms with Crippen LogP contribution in [0, 0.1) is 13.8 Å². The Labute approximate surface area is 90.5 Å². The van der Waals surface area contributed by atoms with Crippen LogP contribution in [0.25, 0.3) is 10.9 Å². The summed E-state index contributed by atoms with van der Waals surface area (Å²) in [6.45, 7) is 5.15.